The van der Waals surface area contributed by atoms with Crippen molar-refractivity contribution in [1.82, 2.24) is 5.01 Å². The van der Waals surface area contributed by atoms with Gasteiger partial charge in [-0.2, -0.15) is 5.10 Å². The molecular weight excluding hydrogens is 376 g/mol. The molecule has 4 aromatic rings. The van der Waals surface area contributed by atoms with Crippen LogP contribution in [0, 0.1) is 0 Å². The maximum atomic E-state index is 12.8. The Morgan fingerprint density at radius 2 is 1.63 bits per heavy atom. The van der Waals surface area contributed by atoms with Crippen molar-refractivity contribution in [2.75, 3.05) is 0 Å². The van der Waals surface area contributed by atoms with E-state index in [9.17, 15) is 9.59 Å². The Kier molecular flexibility index (Phi) is 4.48. The molecule has 1 atom stereocenters. The normalized spacial score (nSPS) is 15.9. The van der Waals surface area contributed by atoms with Gasteiger partial charge in [0.15, 0.2) is 5.43 Å². The summed E-state index contributed by atoms with van der Waals surface area (Å²) in [6.07, 6.45) is 1.33. The van der Waals surface area contributed by atoms with Crippen LogP contribution in [0.15, 0.2) is 99.2 Å². The second-order valence-electron chi connectivity index (χ2n) is 7.21. The van der Waals surface area contributed by atoms with Crippen molar-refractivity contribution < 1.29 is 9.21 Å². The van der Waals surface area contributed by atoms with Crippen molar-refractivity contribution in [3.63, 3.8) is 0 Å². The molecule has 1 aliphatic rings. The van der Waals surface area contributed by atoms with Gasteiger partial charge < -0.3 is 4.42 Å². The number of hydrogen-bond acceptors (Lipinski definition) is 4. The quantitative estimate of drug-likeness (QED) is 0.469. The predicted octanol–water partition coefficient (Wildman–Crippen LogP) is 4.77. The number of carbonyl (C=O) groups excluding carboxylic acids is 1. The molecule has 2 heterocycles. The Bertz CT molecular complexity index is 1310. The molecule has 5 heteroatoms. The summed E-state index contributed by atoms with van der Waals surface area (Å²) in [4.78, 5) is 24.3. The summed E-state index contributed by atoms with van der Waals surface area (Å²) in [6.45, 7) is 0. The number of hydrazone groups is 1. The molecule has 3 aromatic carbocycles. The number of amides is 1. The van der Waals surface area contributed by atoms with Crippen LogP contribution in [0.5, 0.6) is 0 Å². The summed E-state index contributed by atoms with van der Waals surface area (Å²) in [5.74, 6) is 0.537. The molecule has 1 unspecified atom stereocenters. The monoisotopic (exact) mass is 394 g/mol. The Labute approximate surface area is 172 Å². The van der Waals surface area contributed by atoms with Crippen LogP contribution >= 0.6 is 0 Å². The number of benzene rings is 3. The Morgan fingerprint density at radius 1 is 0.900 bits per heavy atom. The fourth-order valence-electron chi connectivity index (χ4n) is 3.83. The summed E-state index contributed by atoms with van der Waals surface area (Å²) in [6, 6.07) is 26.2. The van der Waals surface area contributed by atoms with E-state index < -0.39 is 0 Å². The molecule has 0 radical (unpaired) electrons. The molecule has 0 saturated heterocycles. The van der Waals surface area contributed by atoms with Crippen LogP contribution in [0.2, 0.25) is 0 Å². The Morgan fingerprint density at radius 3 is 2.37 bits per heavy atom. The minimum absolute atomic E-state index is 0.109. The first-order valence-electron chi connectivity index (χ1n) is 9.73. The molecule has 5 rings (SSSR count). The molecule has 5 nitrogen and oxygen atoms in total. The maximum Gasteiger partial charge on any atom is 0.230 e. The van der Waals surface area contributed by atoms with Crippen molar-refractivity contribution in [2.45, 2.75) is 12.5 Å². The van der Waals surface area contributed by atoms with Crippen LogP contribution < -0.4 is 5.43 Å². The number of fused-ring (bicyclic) bond motifs is 1. The maximum absolute atomic E-state index is 12.8. The highest BCUT2D eigenvalue weighted by atomic mass is 16.3. The van der Waals surface area contributed by atoms with E-state index in [4.69, 9.17) is 4.42 Å². The highest BCUT2D eigenvalue weighted by Gasteiger charge is 2.28. The number of hydrogen-bond donors (Lipinski definition) is 0. The van der Waals surface area contributed by atoms with Crippen molar-refractivity contribution >= 4 is 23.1 Å². The lowest BCUT2D eigenvalue weighted by Gasteiger charge is -2.16. The van der Waals surface area contributed by atoms with Gasteiger partial charge in [-0.1, -0.05) is 60.7 Å². The molecule has 0 saturated carbocycles. The van der Waals surface area contributed by atoms with Crippen LogP contribution in [0.1, 0.15) is 23.6 Å². The van der Waals surface area contributed by atoms with Gasteiger partial charge in [-0.3, -0.25) is 9.59 Å². The van der Waals surface area contributed by atoms with E-state index in [1.54, 1.807) is 12.1 Å². The van der Waals surface area contributed by atoms with Gasteiger partial charge in [-0.05, 0) is 29.3 Å². The molecule has 0 fully saturated rings. The number of rotatable bonds is 4. The third-order valence-corrected chi connectivity index (χ3v) is 5.35. The molecule has 30 heavy (non-hydrogen) atoms. The van der Waals surface area contributed by atoms with Gasteiger partial charge in [0, 0.05) is 18.1 Å². The summed E-state index contributed by atoms with van der Waals surface area (Å²) in [5, 5.41) is 6.42. The number of carbonyl (C=O) groups is 1. The average molecular weight is 394 g/mol. The first kappa shape index (κ1) is 18.1. The largest absolute Gasteiger partial charge is 0.456 e. The highest BCUT2D eigenvalue weighted by Crippen LogP contribution is 2.32. The molecule has 0 aliphatic carbocycles. The van der Waals surface area contributed by atoms with Gasteiger partial charge in [0.25, 0.3) is 0 Å². The lowest BCUT2D eigenvalue weighted by Crippen LogP contribution is -2.17. The highest BCUT2D eigenvalue weighted by molar-refractivity contribution is 6.04. The summed E-state index contributed by atoms with van der Waals surface area (Å²) in [5.41, 5.74) is 3.87. The van der Waals surface area contributed by atoms with E-state index in [2.05, 4.69) is 5.10 Å². The standard InChI is InChI=1S/C25H18N2O3/c28-16-27-22(17-7-3-1-4-8-17)14-21(26-27)19-11-12-24-20(13-19)23(29)15-25(30-24)18-9-5-2-6-10-18/h1-13,15-16,22H,14H2. The molecule has 1 aromatic heterocycles. The lowest BCUT2D eigenvalue weighted by atomic mass is 9.98. The Balaban J connectivity index is 1.52. The van der Waals surface area contributed by atoms with Gasteiger partial charge in [0.1, 0.15) is 11.3 Å². The van der Waals surface area contributed by atoms with Crippen LogP contribution in [-0.2, 0) is 4.79 Å². The average Bonchev–Trinajstić information content (AvgIpc) is 3.24. The van der Waals surface area contributed by atoms with E-state index in [0.29, 0.717) is 23.2 Å². The van der Waals surface area contributed by atoms with Gasteiger partial charge in [0.2, 0.25) is 6.41 Å². The van der Waals surface area contributed by atoms with Gasteiger partial charge in [-0.15, -0.1) is 0 Å². The van der Waals surface area contributed by atoms with Crippen LogP contribution in [0.3, 0.4) is 0 Å². The molecule has 0 spiro atoms. The summed E-state index contributed by atoms with van der Waals surface area (Å²) in [7, 11) is 0. The van der Waals surface area contributed by atoms with Crippen molar-refractivity contribution in [3.05, 3.63) is 106 Å². The van der Waals surface area contributed by atoms with E-state index in [-0.39, 0.29) is 11.5 Å². The summed E-state index contributed by atoms with van der Waals surface area (Å²) >= 11 is 0. The van der Waals surface area contributed by atoms with Crippen LogP contribution in [0.25, 0.3) is 22.3 Å². The third kappa shape index (κ3) is 3.20. The molecule has 0 bridgehead atoms. The lowest BCUT2D eigenvalue weighted by molar-refractivity contribution is -0.119. The summed E-state index contributed by atoms with van der Waals surface area (Å²) < 4.78 is 5.97. The number of nitrogens with zero attached hydrogens (tertiary/aromatic N) is 2. The van der Waals surface area contributed by atoms with Crippen molar-refractivity contribution in [3.8, 4) is 11.3 Å². The van der Waals surface area contributed by atoms with E-state index in [1.165, 1.54) is 11.1 Å². The predicted molar refractivity (Wildman–Crippen MR) is 116 cm³/mol. The van der Waals surface area contributed by atoms with Crippen molar-refractivity contribution in [2.24, 2.45) is 5.10 Å². The van der Waals surface area contributed by atoms with Gasteiger partial charge in [0.05, 0.1) is 17.1 Å². The van der Waals surface area contributed by atoms with Crippen LogP contribution in [-0.4, -0.2) is 17.1 Å². The molecule has 1 aliphatic heterocycles. The van der Waals surface area contributed by atoms with Crippen LogP contribution in [0.4, 0.5) is 0 Å². The molecular formula is C25H18N2O3. The second-order valence-corrected chi connectivity index (χ2v) is 7.21. The van der Waals surface area contributed by atoms with Gasteiger partial charge in [-0.25, -0.2) is 5.01 Å². The zero-order valence-electron chi connectivity index (χ0n) is 16.1. The van der Waals surface area contributed by atoms with E-state index >= 15 is 0 Å². The third-order valence-electron chi connectivity index (χ3n) is 5.35. The van der Waals surface area contributed by atoms with Crippen molar-refractivity contribution in [1.29, 1.82) is 0 Å². The van der Waals surface area contributed by atoms with Gasteiger partial charge >= 0.3 is 0 Å². The smallest absolute Gasteiger partial charge is 0.230 e. The Hall–Kier alpha value is -3.99. The topological polar surface area (TPSA) is 62.9 Å². The molecule has 1 amide bonds. The molecule has 0 N–H and O–H groups in total. The fourth-order valence-corrected chi connectivity index (χ4v) is 3.83. The first-order chi connectivity index (χ1) is 14.7. The van der Waals surface area contributed by atoms with E-state index in [1.807, 2.05) is 66.7 Å². The second kappa shape index (κ2) is 7.44. The van der Waals surface area contributed by atoms with E-state index in [0.717, 1.165) is 28.8 Å². The molecule has 146 valence electrons. The zero-order chi connectivity index (χ0) is 20.5. The zero-order valence-corrected chi connectivity index (χ0v) is 16.1. The minimum atomic E-state index is -0.147. The SMILES string of the molecule is O=CN1N=C(c2ccc3oc(-c4ccccc4)cc(=O)c3c2)CC1c1ccccc1. The minimum Gasteiger partial charge on any atom is -0.456 e. The fraction of sp³-hybridized carbons (Fsp3) is 0.0800. The first-order valence-corrected chi connectivity index (χ1v) is 9.73.